The number of benzene rings is 1. The number of hydrogen-bond acceptors (Lipinski definition) is 3. The fourth-order valence-corrected chi connectivity index (χ4v) is 2.55. The highest BCUT2D eigenvalue weighted by Crippen LogP contribution is 2.22. The van der Waals surface area contributed by atoms with E-state index in [-0.39, 0.29) is 0 Å². The Morgan fingerprint density at radius 1 is 1.24 bits per heavy atom. The summed E-state index contributed by atoms with van der Waals surface area (Å²) in [5, 5.41) is 8.13. The summed E-state index contributed by atoms with van der Waals surface area (Å²) in [4.78, 5) is 0. The number of aromatic nitrogens is 2. The van der Waals surface area contributed by atoms with Gasteiger partial charge in [-0.25, -0.2) is 4.68 Å². The molecule has 4 nitrogen and oxygen atoms in total. The molecule has 1 fully saturated rings. The Kier molecular flexibility index (Phi) is 4.25. The van der Waals surface area contributed by atoms with Crippen LogP contribution in [0, 0.1) is 0 Å². The second-order valence-electron chi connectivity index (χ2n) is 5.46. The van der Waals surface area contributed by atoms with Crippen LogP contribution in [-0.2, 0) is 13.0 Å². The lowest BCUT2D eigenvalue weighted by Crippen LogP contribution is -2.16. The molecule has 1 aliphatic carbocycles. The fraction of sp³-hybridized carbons (Fsp3) is 0.471. The molecule has 0 amide bonds. The molecule has 1 aliphatic rings. The van der Waals surface area contributed by atoms with E-state index < -0.39 is 0 Å². The normalized spacial score (nSPS) is 14.4. The van der Waals surface area contributed by atoms with Crippen LogP contribution in [0.3, 0.4) is 0 Å². The topological polar surface area (TPSA) is 39.1 Å². The third-order valence-electron chi connectivity index (χ3n) is 3.84. The molecular formula is C17H23N3O. The first-order valence-corrected chi connectivity index (χ1v) is 7.84. The molecule has 0 bridgehead atoms. The highest BCUT2D eigenvalue weighted by Gasteiger charge is 2.21. The van der Waals surface area contributed by atoms with Gasteiger partial charge in [0.05, 0.1) is 18.5 Å². The van der Waals surface area contributed by atoms with Gasteiger partial charge < -0.3 is 10.1 Å². The molecular weight excluding hydrogens is 262 g/mol. The van der Waals surface area contributed by atoms with Crippen LogP contribution in [0.1, 0.15) is 37.9 Å². The first-order chi connectivity index (χ1) is 10.3. The van der Waals surface area contributed by atoms with Crippen molar-refractivity contribution in [3.63, 3.8) is 0 Å². The second-order valence-corrected chi connectivity index (χ2v) is 5.46. The van der Waals surface area contributed by atoms with Gasteiger partial charge in [-0.05, 0) is 50.5 Å². The first-order valence-electron chi connectivity index (χ1n) is 7.84. The monoisotopic (exact) mass is 285 g/mol. The smallest absolute Gasteiger partial charge is 0.119 e. The third-order valence-corrected chi connectivity index (χ3v) is 3.84. The zero-order valence-corrected chi connectivity index (χ0v) is 12.8. The van der Waals surface area contributed by atoms with Crippen LogP contribution >= 0.6 is 0 Å². The molecule has 0 atom stereocenters. The van der Waals surface area contributed by atoms with Crippen molar-refractivity contribution in [2.75, 3.05) is 6.61 Å². The van der Waals surface area contributed by atoms with E-state index in [9.17, 15) is 0 Å². The van der Waals surface area contributed by atoms with Crippen LogP contribution in [0.4, 0.5) is 0 Å². The van der Waals surface area contributed by atoms with Crippen molar-refractivity contribution in [3.05, 3.63) is 41.7 Å². The van der Waals surface area contributed by atoms with Crippen molar-refractivity contribution in [3.8, 4) is 11.4 Å². The third kappa shape index (κ3) is 3.27. The molecule has 0 unspecified atom stereocenters. The summed E-state index contributed by atoms with van der Waals surface area (Å²) >= 11 is 0. The minimum atomic E-state index is 0.693. The van der Waals surface area contributed by atoms with E-state index >= 15 is 0 Å². The standard InChI is InChI=1S/C17H23N3O/c1-3-17-13(11-18-14-5-6-14)12-19-20(17)15-7-9-16(10-8-15)21-4-2/h7-10,12,14,18H,3-6,11H2,1-2H3. The van der Waals surface area contributed by atoms with Gasteiger partial charge in [0.25, 0.3) is 0 Å². The lowest BCUT2D eigenvalue weighted by atomic mass is 10.2. The van der Waals surface area contributed by atoms with E-state index in [1.165, 1.54) is 24.1 Å². The molecule has 3 rings (SSSR count). The van der Waals surface area contributed by atoms with Gasteiger partial charge in [-0.15, -0.1) is 0 Å². The molecule has 2 aromatic rings. The molecule has 0 spiro atoms. The Bertz CT molecular complexity index is 585. The van der Waals surface area contributed by atoms with Crippen molar-refractivity contribution in [1.29, 1.82) is 0 Å². The maximum Gasteiger partial charge on any atom is 0.119 e. The SMILES string of the molecule is CCOc1ccc(-n2ncc(CNC3CC3)c2CC)cc1. The Hall–Kier alpha value is -1.81. The Balaban J connectivity index is 1.79. The molecule has 4 heteroatoms. The van der Waals surface area contributed by atoms with Crippen molar-refractivity contribution >= 4 is 0 Å². The van der Waals surface area contributed by atoms with Gasteiger partial charge in [-0.1, -0.05) is 6.92 Å². The summed E-state index contributed by atoms with van der Waals surface area (Å²) in [5.41, 5.74) is 3.68. The van der Waals surface area contributed by atoms with Crippen LogP contribution < -0.4 is 10.1 Å². The van der Waals surface area contributed by atoms with E-state index in [0.717, 1.165) is 30.4 Å². The van der Waals surface area contributed by atoms with Crippen molar-refractivity contribution in [2.24, 2.45) is 0 Å². The minimum absolute atomic E-state index is 0.693. The minimum Gasteiger partial charge on any atom is -0.494 e. The van der Waals surface area contributed by atoms with E-state index in [4.69, 9.17) is 4.74 Å². The van der Waals surface area contributed by atoms with Crippen molar-refractivity contribution < 1.29 is 4.74 Å². The van der Waals surface area contributed by atoms with Gasteiger partial charge in [0, 0.05) is 23.8 Å². The Morgan fingerprint density at radius 2 is 2.00 bits per heavy atom. The summed E-state index contributed by atoms with van der Waals surface area (Å²) in [6.07, 6.45) is 5.60. The average molecular weight is 285 g/mol. The number of hydrogen-bond donors (Lipinski definition) is 1. The highest BCUT2D eigenvalue weighted by molar-refractivity contribution is 5.39. The average Bonchev–Trinajstić information content (AvgIpc) is 3.25. The van der Waals surface area contributed by atoms with Gasteiger partial charge in [-0.2, -0.15) is 5.10 Å². The van der Waals surface area contributed by atoms with Crippen LogP contribution in [0.2, 0.25) is 0 Å². The predicted octanol–water partition coefficient (Wildman–Crippen LogP) is 3.09. The maximum atomic E-state index is 5.49. The summed E-state index contributed by atoms with van der Waals surface area (Å²) in [6.45, 7) is 5.79. The largest absolute Gasteiger partial charge is 0.494 e. The maximum absolute atomic E-state index is 5.49. The van der Waals surface area contributed by atoms with Crippen LogP contribution in [0.5, 0.6) is 5.75 Å². The van der Waals surface area contributed by atoms with E-state index in [1.54, 1.807) is 0 Å². The van der Waals surface area contributed by atoms with Crippen LogP contribution in [0.15, 0.2) is 30.5 Å². The fourth-order valence-electron chi connectivity index (χ4n) is 2.55. The van der Waals surface area contributed by atoms with Gasteiger partial charge in [0.1, 0.15) is 5.75 Å². The lowest BCUT2D eigenvalue weighted by Gasteiger charge is -2.09. The molecule has 112 valence electrons. The number of nitrogens with one attached hydrogen (secondary N) is 1. The van der Waals surface area contributed by atoms with Crippen molar-refractivity contribution in [2.45, 2.75) is 45.7 Å². The van der Waals surface area contributed by atoms with Crippen molar-refractivity contribution in [1.82, 2.24) is 15.1 Å². The summed E-state index contributed by atoms with van der Waals surface area (Å²) < 4.78 is 7.53. The molecule has 21 heavy (non-hydrogen) atoms. The molecule has 1 saturated carbocycles. The predicted molar refractivity (Wildman–Crippen MR) is 84.0 cm³/mol. The summed E-state index contributed by atoms with van der Waals surface area (Å²) in [6, 6.07) is 8.86. The molecule has 1 N–H and O–H groups in total. The zero-order valence-electron chi connectivity index (χ0n) is 12.8. The first kappa shape index (κ1) is 14.1. The van der Waals surface area contributed by atoms with E-state index in [0.29, 0.717) is 6.61 Å². The molecule has 1 aromatic carbocycles. The van der Waals surface area contributed by atoms with Gasteiger partial charge in [-0.3, -0.25) is 0 Å². The van der Waals surface area contributed by atoms with E-state index in [1.807, 2.05) is 29.9 Å². The second kappa shape index (κ2) is 6.31. The molecule has 0 aliphatic heterocycles. The highest BCUT2D eigenvalue weighted by atomic mass is 16.5. The number of nitrogens with zero attached hydrogens (tertiary/aromatic N) is 2. The molecule has 0 radical (unpaired) electrons. The molecule has 1 aromatic heterocycles. The molecule has 0 saturated heterocycles. The number of rotatable bonds is 7. The quantitative estimate of drug-likeness (QED) is 0.849. The molecule has 1 heterocycles. The van der Waals surface area contributed by atoms with Crippen LogP contribution in [-0.4, -0.2) is 22.4 Å². The van der Waals surface area contributed by atoms with Gasteiger partial charge >= 0.3 is 0 Å². The summed E-state index contributed by atoms with van der Waals surface area (Å²) in [7, 11) is 0. The van der Waals surface area contributed by atoms with Crippen LogP contribution in [0.25, 0.3) is 5.69 Å². The Labute approximate surface area is 126 Å². The summed E-state index contributed by atoms with van der Waals surface area (Å²) in [5.74, 6) is 0.905. The number of ether oxygens (including phenoxy) is 1. The Morgan fingerprint density at radius 3 is 2.62 bits per heavy atom. The van der Waals surface area contributed by atoms with Gasteiger partial charge in [0.2, 0.25) is 0 Å². The van der Waals surface area contributed by atoms with Gasteiger partial charge in [0.15, 0.2) is 0 Å². The van der Waals surface area contributed by atoms with E-state index in [2.05, 4.69) is 29.5 Å². The zero-order chi connectivity index (χ0) is 14.7. The lowest BCUT2D eigenvalue weighted by molar-refractivity contribution is 0.340.